The summed E-state index contributed by atoms with van der Waals surface area (Å²) in [5.41, 5.74) is 0. The van der Waals surface area contributed by atoms with Gasteiger partial charge in [0.05, 0.1) is 31.9 Å². The number of aliphatic hydroxyl groups excluding tert-OH is 1. The van der Waals surface area contributed by atoms with Crippen molar-refractivity contribution in [3.63, 3.8) is 0 Å². The SMILES string of the molecule is CCOC(=O)c1cnc(N2CC(O)CC2=O)o1. The third kappa shape index (κ3) is 2.28. The van der Waals surface area contributed by atoms with Gasteiger partial charge in [0.1, 0.15) is 0 Å². The van der Waals surface area contributed by atoms with E-state index in [1.807, 2.05) is 0 Å². The minimum Gasteiger partial charge on any atom is -0.460 e. The van der Waals surface area contributed by atoms with Gasteiger partial charge in [-0.25, -0.2) is 9.78 Å². The summed E-state index contributed by atoms with van der Waals surface area (Å²) in [5, 5.41) is 9.31. The molecule has 0 radical (unpaired) electrons. The van der Waals surface area contributed by atoms with Gasteiger partial charge < -0.3 is 14.3 Å². The number of hydrogen-bond donors (Lipinski definition) is 1. The number of ether oxygens (including phenoxy) is 1. The minimum absolute atomic E-state index is 0.00889. The summed E-state index contributed by atoms with van der Waals surface area (Å²) in [6.45, 7) is 2.04. The van der Waals surface area contributed by atoms with Crippen molar-refractivity contribution in [1.29, 1.82) is 0 Å². The largest absolute Gasteiger partial charge is 0.460 e. The fourth-order valence-electron chi connectivity index (χ4n) is 1.56. The Bertz CT molecular complexity index is 442. The number of oxazole rings is 1. The lowest BCUT2D eigenvalue weighted by atomic mass is 10.3. The number of rotatable bonds is 3. The number of amides is 1. The average molecular weight is 240 g/mol. The fourth-order valence-corrected chi connectivity index (χ4v) is 1.56. The van der Waals surface area contributed by atoms with Crippen molar-refractivity contribution in [2.24, 2.45) is 0 Å². The van der Waals surface area contributed by atoms with E-state index < -0.39 is 12.1 Å². The molecule has 0 saturated carbocycles. The van der Waals surface area contributed by atoms with Gasteiger partial charge >= 0.3 is 12.0 Å². The second-order valence-corrected chi connectivity index (χ2v) is 3.59. The van der Waals surface area contributed by atoms with Crippen LogP contribution in [0.1, 0.15) is 23.9 Å². The number of aromatic nitrogens is 1. The molecule has 2 rings (SSSR count). The van der Waals surface area contributed by atoms with Crippen LogP contribution in [0.4, 0.5) is 6.01 Å². The maximum absolute atomic E-state index is 11.4. The molecule has 0 bridgehead atoms. The van der Waals surface area contributed by atoms with Crippen LogP contribution in [-0.4, -0.2) is 41.2 Å². The first-order chi connectivity index (χ1) is 8.11. The number of carbonyl (C=O) groups excluding carboxylic acids is 2. The number of aliphatic hydroxyl groups is 1. The zero-order chi connectivity index (χ0) is 12.4. The van der Waals surface area contributed by atoms with Crippen molar-refractivity contribution in [3.05, 3.63) is 12.0 Å². The second kappa shape index (κ2) is 4.54. The summed E-state index contributed by atoms with van der Waals surface area (Å²) < 4.78 is 9.84. The maximum Gasteiger partial charge on any atom is 0.376 e. The standard InChI is InChI=1S/C10H12N2O5/c1-2-16-9(15)7-4-11-10(17-7)12-5-6(13)3-8(12)14/h4,6,13H,2-3,5H2,1H3. The van der Waals surface area contributed by atoms with Gasteiger partial charge in [-0.2, -0.15) is 0 Å². The molecular formula is C10H12N2O5. The molecule has 2 heterocycles. The highest BCUT2D eigenvalue weighted by Gasteiger charge is 2.32. The van der Waals surface area contributed by atoms with E-state index in [4.69, 9.17) is 9.15 Å². The molecule has 92 valence electrons. The molecular weight excluding hydrogens is 228 g/mol. The molecule has 0 aromatic carbocycles. The summed E-state index contributed by atoms with van der Waals surface area (Å²) >= 11 is 0. The second-order valence-electron chi connectivity index (χ2n) is 3.59. The van der Waals surface area contributed by atoms with Gasteiger partial charge in [-0.1, -0.05) is 0 Å². The Hall–Kier alpha value is -1.89. The molecule has 7 nitrogen and oxygen atoms in total. The Labute approximate surface area is 97.0 Å². The molecule has 1 aromatic rings. The van der Waals surface area contributed by atoms with E-state index in [2.05, 4.69) is 4.98 Å². The molecule has 1 amide bonds. The quantitative estimate of drug-likeness (QED) is 0.744. The normalized spacial score (nSPS) is 19.8. The number of nitrogens with zero attached hydrogens (tertiary/aromatic N) is 2. The third-order valence-electron chi connectivity index (χ3n) is 2.31. The van der Waals surface area contributed by atoms with Crippen molar-refractivity contribution in [2.75, 3.05) is 18.1 Å². The molecule has 1 aromatic heterocycles. The first-order valence-electron chi connectivity index (χ1n) is 5.23. The molecule has 1 unspecified atom stereocenters. The lowest BCUT2D eigenvalue weighted by Gasteiger charge is -2.09. The van der Waals surface area contributed by atoms with Gasteiger partial charge in [0.25, 0.3) is 0 Å². The summed E-state index contributed by atoms with van der Waals surface area (Å²) in [7, 11) is 0. The monoisotopic (exact) mass is 240 g/mol. The van der Waals surface area contributed by atoms with Crippen LogP contribution in [0.3, 0.4) is 0 Å². The summed E-state index contributed by atoms with van der Waals surface area (Å²) in [4.78, 5) is 27.8. The first kappa shape index (κ1) is 11.6. The zero-order valence-corrected chi connectivity index (χ0v) is 9.25. The van der Waals surface area contributed by atoms with Crippen molar-refractivity contribution in [1.82, 2.24) is 4.98 Å². The molecule has 7 heteroatoms. The van der Waals surface area contributed by atoms with E-state index in [0.717, 1.165) is 0 Å². The van der Waals surface area contributed by atoms with Gasteiger partial charge in [0.2, 0.25) is 11.7 Å². The Balaban J connectivity index is 2.13. The molecule has 17 heavy (non-hydrogen) atoms. The molecule has 1 N–H and O–H groups in total. The lowest BCUT2D eigenvalue weighted by Crippen LogP contribution is -2.25. The topological polar surface area (TPSA) is 92.9 Å². The third-order valence-corrected chi connectivity index (χ3v) is 2.31. The van der Waals surface area contributed by atoms with Crippen LogP contribution in [0.2, 0.25) is 0 Å². The van der Waals surface area contributed by atoms with Crippen LogP contribution < -0.4 is 4.90 Å². The molecule has 1 aliphatic heterocycles. The smallest absolute Gasteiger partial charge is 0.376 e. The maximum atomic E-state index is 11.4. The summed E-state index contributed by atoms with van der Waals surface area (Å²) in [5.74, 6) is -0.968. The number of β-amino-alcohol motifs (C(OH)–C–C–N with tert-alkyl or cyclic N) is 1. The predicted molar refractivity (Wildman–Crippen MR) is 55.4 cm³/mol. The number of carbonyl (C=O) groups is 2. The van der Waals surface area contributed by atoms with Gasteiger partial charge in [-0.15, -0.1) is 0 Å². The Morgan fingerprint density at radius 2 is 2.53 bits per heavy atom. The fraction of sp³-hybridized carbons (Fsp3) is 0.500. The summed E-state index contributed by atoms with van der Waals surface area (Å²) in [6, 6.07) is 0.00889. The molecule has 1 fully saturated rings. The molecule has 1 aliphatic rings. The molecule has 1 saturated heterocycles. The Kier molecular flexibility index (Phi) is 3.10. The molecule has 0 aliphatic carbocycles. The highest BCUT2D eigenvalue weighted by atomic mass is 16.5. The van der Waals surface area contributed by atoms with Crippen LogP contribution >= 0.6 is 0 Å². The Morgan fingerprint density at radius 3 is 3.12 bits per heavy atom. The summed E-state index contributed by atoms with van der Waals surface area (Å²) in [6.07, 6.45) is 0.517. The van der Waals surface area contributed by atoms with E-state index >= 15 is 0 Å². The van der Waals surface area contributed by atoms with E-state index in [9.17, 15) is 14.7 Å². The first-order valence-corrected chi connectivity index (χ1v) is 5.23. The van der Waals surface area contributed by atoms with E-state index in [0.29, 0.717) is 0 Å². The highest BCUT2D eigenvalue weighted by molar-refractivity contribution is 5.94. The van der Waals surface area contributed by atoms with Gasteiger partial charge in [0, 0.05) is 0 Å². The van der Waals surface area contributed by atoms with E-state index in [1.54, 1.807) is 6.92 Å². The van der Waals surface area contributed by atoms with Crippen LogP contribution in [0.15, 0.2) is 10.6 Å². The number of anilines is 1. The van der Waals surface area contributed by atoms with Crippen LogP contribution in [0, 0.1) is 0 Å². The van der Waals surface area contributed by atoms with Crippen molar-refractivity contribution in [2.45, 2.75) is 19.4 Å². The van der Waals surface area contributed by atoms with Crippen LogP contribution in [0.25, 0.3) is 0 Å². The average Bonchev–Trinajstić information content (AvgIpc) is 2.85. The number of hydrogen-bond acceptors (Lipinski definition) is 6. The van der Waals surface area contributed by atoms with Gasteiger partial charge in [-0.3, -0.25) is 9.69 Å². The van der Waals surface area contributed by atoms with Crippen LogP contribution in [-0.2, 0) is 9.53 Å². The van der Waals surface area contributed by atoms with Crippen molar-refractivity contribution < 1.29 is 23.8 Å². The van der Waals surface area contributed by atoms with E-state index in [-0.39, 0.29) is 37.3 Å². The Morgan fingerprint density at radius 1 is 1.76 bits per heavy atom. The van der Waals surface area contributed by atoms with Crippen LogP contribution in [0.5, 0.6) is 0 Å². The van der Waals surface area contributed by atoms with Crippen molar-refractivity contribution in [3.8, 4) is 0 Å². The lowest BCUT2D eigenvalue weighted by molar-refractivity contribution is -0.117. The molecule has 0 spiro atoms. The highest BCUT2D eigenvalue weighted by Crippen LogP contribution is 2.21. The predicted octanol–water partition coefficient (Wildman–Crippen LogP) is -0.0511. The van der Waals surface area contributed by atoms with Gasteiger partial charge in [-0.05, 0) is 6.92 Å². The van der Waals surface area contributed by atoms with E-state index in [1.165, 1.54) is 11.1 Å². The van der Waals surface area contributed by atoms with Crippen molar-refractivity contribution >= 4 is 17.9 Å². The zero-order valence-electron chi connectivity index (χ0n) is 9.25. The molecule has 1 atom stereocenters. The minimum atomic E-state index is -0.722. The number of esters is 1. The van der Waals surface area contributed by atoms with Gasteiger partial charge in [0.15, 0.2) is 0 Å².